The van der Waals surface area contributed by atoms with Crippen molar-refractivity contribution in [1.29, 1.82) is 10.7 Å². The molecule has 0 aromatic rings. The van der Waals surface area contributed by atoms with Crippen molar-refractivity contribution in [2.24, 2.45) is 11.8 Å². The number of ether oxygens (including phenoxy) is 1. The zero-order chi connectivity index (χ0) is 12.0. The molecule has 0 heterocycles. The fraction of sp³-hybridized carbons (Fsp3) is 0.600. The van der Waals surface area contributed by atoms with Crippen LogP contribution in [0.25, 0.3) is 0 Å². The average molecular weight is 210 g/mol. The Morgan fingerprint density at radius 3 is 2.33 bits per heavy atom. The van der Waals surface area contributed by atoms with Crippen LogP contribution >= 0.6 is 0 Å². The lowest BCUT2D eigenvalue weighted by atomic mass is 10.0. The van der Waals surface area contributed by atoms with E-state index in [0.29, 0.717) is 0 Å². The van der Waals surface area contributed by atoms with Crippen LogP contribution in [0.4, 0.5) is 0 Å². The second-order valence-electron chi connectivity index (χ2n) is 3.47. The molecule has 1 atom stereocenters. The van der Waals surface area contributed by atoms with Crippen LogP contribution in [-0.4, -0.2) is 24.1 Å². The van der Waals surface area contributed by atoms with Crippen LogP contribution in [0.5, 0.6) is 0 Å². The van der Waals surface area contributed by atoms with Crippen molar-refractivity contribution in [1.82, 2.24) is 0 Å². The molecule has 5 nitrogen and oxygen atoms in total. The molecule has 0 radical (unpaired) electrons. The van der Waals surface area contributed by atoms with E-state index in [1.165, 1.54) is 6.92 Å². The minimum atomic E-state index is -1.11. The standard InChI is InChI=1S/C10H14N2O3/c1-6(2)10(14)15-5-9(13)8(4-11)7(3)12/h6,8,12H,5H2,1-3H3/t8-/m0/s1. The molecule has 0 aromatic heterocycles. The minimum Gasteiger partial charge on any atom is -0.457 e. The van der Waals surface area contributed by atoms with Gasteiger partial charge in [-0.2, -0.15) is 5.26 Å². The maximum atomic E-state index is 11.3. The van der Waals surface area contributed by atoms with Gasteiger partial charge in [0.1, 0.15) is 5.92 Å². The van der Waals surface area contributed by atoms with E-state index in [1.807, 2.05) is 0 Å². The average Bonchev–Trinajstić information content (AvgIpc) is 2.14. The predicted molar refractivity (Wildman–Crippen MR) is 53.3 cm³/mol. The molecule has 1 N–H and O–H groups in total. The van der Waals surface area contributed by atoms with Gasteiger partial charge in [-0.3, -0.25) is 9.59 Å². The Hall–Kier alpha value is -1.70. The molecular weight excluding hydrogens is 196 g/mol. The van der Waals surface area contributed by atoms with Crippen LogP contribution in [0.1, 0.15) is 20.8 Å². The summed E-state index contributed by atoms with van der Waals surface area (Å²) in [6, 6.07) is 1.69. The van der Waals surface area contributed by atoms with Crippen LogP contribution in [0.2, 0.25) is 0 Å². The van der Waals surface area contributed by atoms with Gasteiger partial charge in [-0.1, -0.05) is 13.8 Å². The molecule has 0 saturated carbocycles. The Morgan fingerprint density at radius 2 is 2.00 bits per heavy atom. The van der Waals surface area contributed by atoms with Gasteiger partial charge in [-0.05, 0) is 6.92 Å². The number of hydrogen-bond donors (Lipinski definition) is 1. The van der Waals surface area contributed by atoms with Gasteiger partial charge in [0.25, 0.3) is 0 Å². The van der Waals surface area contributed by atoms with Crippen molar-refractivity contribution in [3.63, 3.8) is 0 Å². The molecule has 0 fully saturated rings. The lowest BCUT2D eigenvalue weighted by Crippen LogP contribution is -2.26. The lowest BCUT2D eigenvalue weighted by Gasteiger charge is -2.08. The van der Waals surface area contributed by atoms with E-state index < -0.39 is 24.3 Å². The van der Waals surface area contributed by atoms with Crippen molar-refractivity contribution in [2.75, 3.05) is 6.61 Å². The molecule has 0 amide bonds. The van der Waals surface area contributed by atoms with E-state index in [1.54, 1.807) is 19.9 Å². The van der Waals surface area contributed by atoms with E-state index >= 15 is 0 Å². The highest BCUT2D eigenvalue weighted by atomic mass is 16.5. The van der Waals surface area contributed by atoms with Crippen LogP contribution in [0, 0.1) is 28.6 Å². The summed E-state index contributed by atoms with van der Waals surface area (Å²) in [4.78, 5) is 22.3. The first kappa shape index (κ1) is 13.3. The number of Topliss-reactive ketones (excluding diaryl/α,β-unsaturated/α-hetero) is 1. The molecule has 0 aromatic carbocycles. The summed E-state index contributed by atoms with van der Waals surface area (Å²) in [7, 11) is 0. The Bertz CT molecular complexity index is 315. The summed E-state index contributed by atoms with van der Waals surface area (Å²) in [5.74, 6) is -2.45. The maximum Gasteiger partial charge on any atom is 0.308 e. The predicted octanol–water partition coefficient (Wildman–Crippen LogP) is 0.934. The summed E-state index contributed by atoms with van der Waals surface area (Å²) in [5, 5.41) is 15.8. The molecule has 0 aliphatic carbocycles. The number of rotatable bonds is 5. The highest BCUT2D eigenvalue weighted by molar-refractivity contribution is 6.05. The zero-order valence-corrected chi connectivity index (χ0v) is 9.03. The van der Waals surface area contributed by atoms with Gasteiger partial charge in [0.15, 0.2) is 12.4 Å². The van der Waals surface area contributed by atoms with Crippen molar-refractivity contribution in [2.45, 2.75) is 20.8 Å². The van der Waals surface area contributed by atoms with Gasteiger partial charge in [0, 0.05) is 5.71 Å². The second kappa shape index (κ2) is 5.91. The SMILES string of the molecule is CC(=N)[C@H](C#N)C(=O)COC(=O)C(C)C. The molecular formula is C10H14N2O3. The number of carbonyl (C=O) groups excluding carboxylic acids is 2. The van der Waals surface area contributed by atoms with Gasteiger partial charge in [0.05, 0.1) is 12.0 Å². The molecule has 0 bridgehead atoms. The summed E-state index contributed by atoms with van der Waals surface area (Å²) in [5.41, 5.74) is -0.0388. The van der Waals surface area contributed by atoms with E-state index in [0.717, 1.165) is 0 Å². The van der Waals surface area contributed by atoms with Crippen molar-refractivity contribution >= 4 is 17.5 Å². The normalized spacial score (nSPS) is 11.7. The molecule has 0 rings (SSSR count). The van der Waals surface area contributed by atoms with E-state index in [4.69, 9.17) is 10.7 Å². The Balaban J connectivity index is 4.21. The topological polar surface area (TPSA) is 91.0 Å². The first-order valence-corrected chi connectivity index (χ1v) is 4.54. The lowest BCUT2D eigenvalue weighted by molar-refractivity contribution is -0.151. The van der Waals surface area contributed by atoms with Crippen molar-refractivity contribution in [3.8, 4) is 6.07 Å². The first-order chi connectivity index (χ1) is 6.90. The van der Waals surface area contributed by atoms with Crippen molar-refractivity contribution < 1.29 is 14.3 Å². The van der Waals surface area contributed by atoms with Gasteiger partial charge >= 0.3 is 5.97 Å². The second-order valence-corrected chi connectivity index (χ2v) is 3.47. The molecule has 0 saturated heterocycles. The van der Waals surface area contributed by atoms with Crippen LogP contribution in [0.3, 0.4) is 0 Å². The molecule has 0 aliphatic rings. The highest BCUT2D eigenvalue weighted by Gasteiger charge is 2.21. The number of esters is 1. The van der Waals surface area contributed by atoms with Crippen LogP contribution in [0.15, 0.2) is 0 Å². The third-order valence-electron chi connectivity index (χ3n) is 1.71. The first-order valence-electron chi connectivity index (χ1n) is 4.54. The number of nitrogens with one attached hydrogen (secondary N) is 1. The fourth-order valence-electron chi connectivity index (χ4n) is 0.803. The fourth-order valence-corrected chi connectivity index (χ4v) is 0.803. The smallest absolute Gasteiger partial charge is 0.308 e. The van der Waals surface area contributed by atoms with Gasteiger partial charge in [-0.25, -0.2) is 0 Å². The summed E-state index contributed by atoms with van der Waals surface area (Å²) < 4.78 is 4.66. The monoisotopic (exact) mass is 210 g/mol. The molecule has 15 heavy (non-hydrogen) atoms. The molecule has 82 valence electrons. The van der Waals surface area contributed by atoms with Gasteiger partial charge < -0.3 is 10.1 Å². The number of carbonyl (C=O) groups is 2. The van der Waals surface area contributed by atoms with E-state index in [9.17, 15) is 9.59 Å². The van der Waals surface area contributed by atoms with E-state index in [2.05, 4.69) is 4.74 Å². The largest absolute Gasteiger partial charge is 0.457 e. The van der Waals surface area contributed by atoms with Gasteiger partial charge in [-0.15, -0.1) is 0 Å². The third-order valence-corrected chi connectivity index (χ3v) is 1.71. The molecule has 0 aliphatic heterocycles. The van der Waals surface area contributed by atoms with Crippen LogP contribution in [-0.2, 0) is 14.3 Å². The third kappa shape index (κ3) is 4.36. The minimum absolute atomic E-state index is 0.0388. The number of hydrogen-bond acceptors (Lipinski definition) is 5. The molecule has 5 heteroatoms. The highest BCUT2D eigenvalue weighted by Crippen LogP contribution is 2.02. The van der Waals surface area contributed by atoms with Gasteiger partial charge in [0.2, 0.25) is 0 Å². The summed E-state index contributed by atoms with van der Waals surface area (Å²) >= 11 is 0. The quantitative estimate of drug-likeness (QED) is 0.539. The number of nitriles is 1. The Morgan fingerprint density at radius 1 is 1.47 bits per heavy atom. The Kier molecular flexibility index (Phi) is 5.24. The molecule has 0 spiro atoms. The van der Waals surface area contributed by atoms with E-state index in [-0.39, 0.29) is 11.6 Å². The van der Waals surface area contributed by atoms with Crippen molar-refractivity contribution in [3.05, 3.63) is 0 Å². The zero-order valence-electron chi connectivity index (χ0n) is 9.03. The number of ketones is 1. The summed E-state index contributed by atoms with van der Waals surface area (Å²) in [6.07, 6.45) is 0. The maximum absolute atomic E-state index is 11.3. The summed E-state index contributed by atoms with van der Waals surface area (Å²) in [6.45, 7) is 4.23. The Labute approximate surface area is 88.5 Å². The van der Waals surface area contributed by atoms with Crippen LogP contribution < -0.4 is 0 Å². The molecule has 0 unspecified atom stereocenters. The number of nitrogens with zero attached hydrogens (tertiary/aromatic N) is 1.